The lowest BCUT2D eigenvalue weighted by atomic mass is 10.1. The van der Waals surface area contributed by atoms with E-state index >= 15 is 0 Å². The van der Waals surface area contributed by atoms with Gasteiger partial charge >= 0.3 is 6.03 Å². The summed E-state index contributed by atoms with van der Waals surface area (Å²) in [6, 6.07) is 11.0. The molecule has 1 aliphatic rings. The van der Waals surface area contributed by atoms with Crippen LogP contribution in [-0.4, -0.2) is 61.8 Å². The van der Waals surface area contributed by atoms with Crippen LogP contribution in [0.4, 0.5) is 4.79 Å². The zero-order valence-corrected chi connectivity index (χ0v) is 13.6. The second-order valence-electron chi connectivity index (χ2n) is 5.81. The Morgan fingerprint density at radius 1 is 1.27 bits per heavy atom. The first kappa shape index (κ1) is 16.8. The molecule has 0 radical (unpaired) electrons. The highest BCUT2D eigenvalue weighted by Crippen LogP contribution is 2.14. The molecule has 0 aromatic heterocycles. The van der Waals surface area contributed by atoms with Gasteiger partial charge in [0.2, 0.25) is 0 Å². The van der Waals surface area contributed by atoms with E-state index in [1.54, 1.807) is 7.11 Å². The Kier molecular flexibility index (Phi) is 6.68. The van der Waals surface area contributed by atoms with Crippen molar-refractivity contribution in [3.8, 4) is 0 Å². The van der Waals surface area contributed by atoms with Crippen LogP contribution in [0.3, 0.4) is 0 Å². The van der Waals surface area contributed by atoms with Crippen molar-refractivity contribution in [1.82, 2.24) is 15.1 Å². The predicted octanol–water partition coefficient (Wildman–Crippen LogP) is 1.94. The zero-order valence-electron chi connectivity index (χ0n) is 13.6. The van der Waals surface area contributed by atoms with Crippen LogP contribution in [0.25, 0.3) is 0 Å². The number of ether oxygens (including phenoxy) is 1. The quantitative estimate of drug-likeness (QED) is 0.846. The van der Waals surface area contributed by atoms with E-state index in [9.17, 15) is 4.79 Å². The number of hydrogen-bond donors (Lipinski definition) is 1. The van der Waals surface area contributed by atoms with Crippen LogP contribution in [0.15, 0.2) is 30.3 Å². The molecule has 1 atom stereocenters. The Balaban J connectivity index is 1.86. The van der Waals surface area contributed by atoms with Gasteiger partial charge in [-0.15, -0.1) is 0 Å². The Morgan fingerprint density at radius 3 is 2.77 bits per heavy atom. The van der Waals surface area contributed by atoms with E-state index in [-0.39, 0.29) is 6.03 Å². The van der Waals surface area contributed by atoms with Crippen LogP contribution in [0, 0.1) is 0 Å². The molecule has 1 aromatic carbocycles. The smallest absolute Gasteiger partial charge is 0.317 e. The molecular formula is C17H27N3O2. The molecule has 1 heterocycles. The highest BCUT2D eigenvalue weighted by Gasteiger charge is 2.23. The Bertz CT molecular complexity index is 452. The van der Waals surface area contributed by atoms with E-state index < -0.39 is 0 Å². The van der Waals surface area contributed by atoms with Gasteiger partial charge in [0.05, 0.1) is 6.61 Å². The minimum absolute atomic E-state index is 0.0193. The van der Waals surface area contributed by atoms with Crippen molar-refractivity contribution >= 4 is 6.03 Å². The third kappa shape index (κ3) is 5.00. The van der Waals surface area contributed by atoms with Gasteiger partial charge in [0.25, 0.3) is 0 Å². The number of carbonyl (C=O) groups excluding carboxylic acids is 1. The maximum absolute atomic E-state index is 12.1. The highest BCUT2D eigenvalue weighted by atomic mass is 16.5. The summed E-state index contributed by atoms with van der Waals surface area (Å²) < 4.78 is 4.96. The first-order valence-corrected chi connectivity index (χ1v) is 8.00. The summed E-state index contributed by atoms with van der Waals surface area (Å²) in [5, 5.41) is 2.90. The largest absolute Gasteiger partial charge is 0.383 e. The van der Waals surface area contributed by atoms with Crippen LogP contribution in [0.1, 0.15) is 18.9 Å². The van der Waals surface area contributed by atoms with Gasteiger partial charge in [-0.05, 0) is 18.9 Å². The number of nitrogens with zero attached hydrogens (tertiary/aromatic N) is 2. The third-order valence-corrected chi connectivity index (χ3v) is 4.20. The standard InChI is InChI=1S/C17H27N3O2/c1-15-8-10-19(17(21)18-9-13-22-2)11-12-20(15)14-16-6-4-3-5-7-16/h3-7,15H,8-14H2,1-2H3,(H,18,21)/t15-/m1/s1. The maximum Gasteiger partial charge on any atom is 0.317 e. The normalized spacial score (nSPS) is 19.7. The van der Waals surface area contributed by atoms with Gasteiger partial charge in [0.1, 0.15) is 0 Å². The first-order chi connectivity index (χ1) is 10.7. The molecule has 1 fully saturated rings. The van der Waals surface area contributed by atoms with Crippen molar-refractivity contribution in [2.45, 2.75) is 25.9 Å². The lowest BCUT2D eigenvalue weighted by Crippen LogP contribution is -2.43. The van der Waals surface area contributed by atoms with E-state index in [1.165, 1.54) is 5.56 Å². The van der Waals surface area contributed by atoms with E-state index in [1.807, 2.05) is 11.0 Å². The summed E-state index contributed by atoms with van der Waals surface area (Å²) in [6.45, 7) is 6.80. The highest BCUT2D eigenvalue weighted by molar-refractivity contribution is 5.74. The summed E-state index contributed by atoms with van der Waals surface area (Å²) >= 11 is 0. The molecule has 122 valence electrons. The monoisotopic (exact) mass is 305 g/mol. The van der Waals surface area contributed by atoms with Crippen molar-refractivity contribution in [2.75, 3.05) is 39.9 Å². The van der Waals surface area contributed by atoms with Crippen LogP contribution < -0.4 is 5.32 Å². The summed E-state index contributed by atoms with van der Waals surface area (Å²) in [5.74, 6) is 0. The van der Waals surface area contributed by atoms with Crippen molar-refractivity contribution in [3.63, 3.8) is 0 Å². The van der Waals surface area contributed by atoms with Gasteiger partial charge in [-0.25, -0.2) is 4.79 Å². The number of hydrogen-bond acceptors (Lipinski definition) is 3. The number of methoxy groups -OCH3 is 1. The summed E-state index contributed by atoms with van der Waals surface area (Å²) in [4.78, 5) is 16.5. The molecule has 1 aromatic rings. The number of benzene rings is 1. The Hall–Kier alpha value is -1.59. The molecule has 5 heteroatoms. The van der Waals surface area contributed by atoms with Crippen LogP contribution >= 0.6 is 0 Å². The molecule has 2 rings (SSSR count). The molecular weight excluding hydrogens is 278 g/mol. The third-order valence-electron chi connectivity index (χ3n) is 4.20. The fourth-order valence-electron chi connectivity index (χ4n) is 2.73. The minimum atomic E-state index is 0.0193. The number of nitrogens with one attached hydrogen (secondary N) is 1. The lowest BCUT2D eigenvalue weighted by molar-refractivity contribution is 0.178. The molecule has 0 saturated carbocycles. The number of rotatable bonds is 5. The Morgan fingerprint density at radius 2 is 2.05 bits per heavy atom. The summed E-state index contributed by atoms with van der Waals surface area (Å²) in [5.41, 5.74) is 1.33. The van der Waals surface area contributed by atoms with Gasteiger partial charge in [-0.1, -0.05) is 30.3 Å². The van der Waals surface area contributed by atoms with Gasteiger partial charge in [0.15, 0.2) is 0 Å². The minimum Gasteiger partial charge on any atom is -0.383 e. The molecule has 5 nitrogen and oxygen atoms in total. The van der Waals surface area contributed by atoms with Crippen molar-refractivity contribution in [1.29, 1.82) is 0 Å². The van der Waals surface area contributed by atoms with Crippen molar-refractivity contribution in [3.05, 3.63) is 35.9 Å². The van der Waals surface area contributed by atoms with E-state index in [0.717, 1.165) is 32.6 Å². The van der Waals surface area contributed by atoms with E-state index in [2.05, 4.69) is 41.4 Å². The molecule has 1 saturated heterocycles. The maximum atomic E-state index is 12.1. The van der Waals surface area contributed by atoms with Crippen molar-refractivity contribution < 1.29 is 9.53 Å². The fraction of sp³-hybridized carbons (Fsp3) is 0.588. The van der Waals surface area contributed by atoms with E-state index in [4.69, 9.17) is 4.74 Å². The molecule has 0 aliphatic carbocycles. The second-order valence-corrected chi connectivity index (χ2v) is 5.81. The fourth-order valence-corrected chi connectivity index (χ4v) is 2.73. The molecule has 1 aliphatic heterocycles. The first-order valence-electron chi connectivity index (χ1n) is 8.00. The van der Waals surface area contributed by atoms with Gasteiger partial charge < -0.3 is 15.0 Å². The van der Waals surface area contributed by atoms with E-state index in [0.29, 0.717) is 19.2 Å². The van der Waals surface area contributed by atoms with Crippen LogP contribution in [-0.2, 0) is 11.3 Å². The van der Waals surface area contributed by atoms with Gasteiger partial charge in [-0.2, -0.15) is 0 Å². The topological polar surface area (TPSA) is 44.8 Å². The summed E-state index contributed by atoms with van der Waals surface area (Å²) in [6.07, 6.45) is 1.00. The van der Waals surface area contributed by atoms with Crippen molar-refractivity contribution in [2.24, 2.45) is 0 Å². The number of urea groups is 1. The average Bonchev–Trinajstić information content (AvgIpc) is 2.71. The molecule has 2 amide bonds. The van der Waals surface area contributed by atoms with Crippen LogP contribution in [0.5, 0.6) is 0 Å². The van der Waals surface area contributed by atoms with Gasteiger partial charge in [0, 0.05) is 45.9 Å². The molecule has 22 heavy (non-hydrogen) atoms. The lowest BCUT2D eigenvalue weighted by Gasteiger charge is -2.26. The molecule has 0 bridgehead atoms. The average molecular weight is 305 g/mol. The zero-order chi connectivity index (χ0) is 15.8. The van der Waals surface area contributed by atoms with Gasteiger partial charge in [-0.3, -0.25) is 4.90 Å². The Labute approximate surface area is 133 Å². The molecule has 1 N–H and O–H groups in total. The second kappa shape index (κ2) is 8.76. The molecule has 0 spiro atoms. The van der Waals surface area contributed by atoms with Crippen LogP contribution in [0.2, 0.25) is 0 Å². The predicted molar refractivity (Wildman–Crippen MR) is 87.8 cm³/mol. The number of amides is 2. The summed E-state index contributed by atoms with van der Waals surface area (Å²) in [7, 11) is 1.64. The molecule has 0 unspecified atom stereocenters. The number of carbonyl (C=O) groups is 1. The SMILES string of the molecule is COCCNC(=O)N1CC[C@@H](C)N(Cc2ccccc2)CC1.